The molecule has 1 atom stereocenters. The molecule has 0 aliphatic heterocycles. The molecule has 0 aliphatic rings. The van der Waals surface area contributed by atoms with Crippen LogP contribution >= 0.6 is 0 Å². The molecular weight excluding hydrogens is 286 g/mol. The summed E-state index contributed by atoms with van der Waals surface area (Å²) in [5.74, 6) is -1.79. The van der Waals surface area contributed by atoms with E-state index in [1.807, 2.05) is 0 Å². The summed E-state index contributed by atoms with van der Waals surface area (Å²) in [4.78, 5) is 0. The van der Waals surface area contributed by atoms with Crippen LogP contribution < -0.4 is 10.0 Å². The minimum atomic E-state index is -3.33. The summed E-state index contributed by atoms with van der Waals surface area (Å²) in [5.41, 5.74) is -0.522. The molecule has 0 aromatic heterocycles. The second-order valence-corrected chi connectivity index (χ2v) is 7.25. The fourth-order valence-corrected chi connectivity index (χ4v) is 2.99. The molecule has 1 aromatic rings. The summed E-state index contributed by atoms with van der Waals surface area (Å²) in [6, 6.07) is 3.55. The highest BCUT2D eigenvalue weighted by Crippen LogP contribution is 2.19. The molecule has 1 aromatic carbocycles. The van der Waals surface area contributed by atoms with Crippen molar-refractivity contribution in [2.75, 3.05) is 12.8 Å². The van der Waals surface area contributed by atoms with Crippen LogP contribution in [0.2, 0.25) is 0 Å². The Kier molecular flexibility index (Phi) is 5.23. The second-order valence-electron chi connectivity index (χ2n) is 5.50. The van der Waals surface area contributed by atoms with Crippen LogP contribution in [0.15, 0.2) is 18.2 Å². The number of nitrogens with one attached hydrogen (secondary N) is 2. The molecule has 1 unspecified atom stereocenters. The monoisotopic (exact) mass is 306 g/mol. The standard InChI is InChI=1S/C13H20F2N2O2S/c1-9(10-6-5-7-11(14)12(10)15)16-8-13(2,3)17-20(4,18)19/h5-7,9,16-17H,8H2,1-4H3. The molecule has 20 heavy (non-hydrogen) atoms. The Labute approximate surface area is 118 Å². The first kappa shape index (κ1) is 17.0. The van der Waals surface area contributed by atoms with Gasteiger partial charge < -0.3 is 5.32 Å². The molecule has 2 N–H and O–H groups in total. The van der Waals surface area contributed by atoms with Gasteiger partial charge in [0.25, 0.3) is 0 Å². The average molecular weight is 306 g/mol. The molecule has 0 saturated carbocycles. The Morgan fingerprint density at radius 3 is 2.45 bits per heavy atom. The summed E-state index contributed by atoms with van der Waals surface area (Å²) in [6.45, 7) is 5.37. The zero-order valence-electron chi connectivity index (χ0n) is 12.0. The van der Waals surface area contributed by atoms with Crippen LogP contribution in [0.4, 0.5) is 8.78 Å². The van der Waals surface area contributed by atoms with Gasteiger partial charge in [-0.2, -0.15) is 0 Å². The van der Waals surface area contributed by atoms with Crippen LogP contribution in [0.5, 0.6) is 0 Å². The highest BCUT2D eigenvalue weighted by Gasteiger charge is 2.23. The topological polar surface area (TPSA) is 58.2 Å². The fraction of sp³-hybridized carbons (Fsp3) is 0.538. The van der Waals surface area contributed by atoms with Crippen molar-refractivity contribution in [1.82, 2.24) is 10.0 Å². The summed E-state index contributed by atoms with van der Waals surface area (Å²) in [5, 5.41) is 3.00. The van der Waals surface area contributed by atoms with Crippen molar-refractivity contribution in [3.05, 3.63) is 35.4 Å². The highest BCUT2D eigenvalue weighted by atomic mass is 32.2. The van der Waals surface area contributed by atoms with Gasteiger partial charge in [0.1, 0.15) is 0 Å². The van der Waals surface area contributed by atoms with Gasteiger partial charge in [-0.3, -0.25) is 0 Å². The van der Waals surface area contributed by atoms with Crippen molar-refractivity contribution in [3.8, 4) is 0 Å². The second kappa shape index (κ2) is 6.15. The number of hydrogen-bond donors (Lipinski definition) is 2. The van der Waals surface area contributed by atoms with Crippen molar-refractivity contribution in [3.63, 3.8) is 0 Å². The van der Waals surface area contributed by atoms with Crippen molar-refractivity contribution in [1.29, 1.82) is 0 Å². The molecule has 0 saturated heterocycles. The van der Waals surface area contributed by atoms with Crippen LogP contribution in [0.1, 0.15) is 32.4 Å². The number of sulfonamides is 1. The van der Waals surface area contributed by atoms with Crippen LogP contribution in [-0.2, 0) is 10.0 Å². The van der Waals surface area contributed by atoms with E-state index in [-0.39, 0.29) is 12.1 Å². The fourth-order valence-electron chi connectivity index (χ4n) is 1.91. The molecule has 0 heterocycles. The molecule has 0 fully saturated rings. The first-order valence-electron chi connectivity index (χ1n) is 6.18. The van der Waals surface area contributed by atoms with Crippen LogP contribution in [0.25, 0.3) is 0 Å². The van der Waals surface area contributed by atoms with Gasteiger partial charge in [0.05, 0.1) is 6.26 Å². The van der Waals surface area contributed by atoms with Gasteiger partial charge in [-0.25, -0.2) is 21.9 Å². The summed E-state index contributed by atoms with van der Waals surface area (Å²) >= 11 is 0. The molecule has 4 nitrogen and oxygen atoms in total. The number of benzene rings is 1. The first-order chi connectivity index (χ1) is 9.02. The Morgan fingerprint density at radius 1 is 1.30 bits per heavy atom. The lowest BCUT2D eigenvalue weighted by atomic mass is 10.0. The Hall–Kier alpha value is -1.05. The Bertz CT molecular complexity index is 574. The predicted octanol–water partition coefficient (Wildman–Crippen LogP) is 1.94. The summed E-state index contributed by atoms with van der Waals surface area (Å²) in [6.07, 6.45) is 1.07. The van der Waals surface area contributed by atoms with Crippen LogP contribution in [0, 0.1) is 11.6 Å². The molecular formula is C13H20F2N2O2S. The zero-order chi connectivity index (χ0) is 15.6. The van der Waals surface area contributed by atoms with Gasteiger partial charge in [-0.05, 0) is 26.8 Å². The Morgan fingerprint density at radius 2 is 1.90 bits per heavy atom. The van der Waals surface area contributed by atoms with Crippen molar-refractivity contribution < 1.29 is 17.2 Å². The maximum atomic E-state index is 13.6. The van der Waals surface area contributed by atoms with Crippen molar-refractivity contribution >= 4 is 10.0 Å². The van der Waals surface area contributed by atoms with E-state index in [0.29, 0.717) is 0 Å². The predicted molar refractivity (Wildman–Crippen MR) is 74.8 cm³/mol. The lowest BCUT2D eigenvalue weighted by Gasteiger charge is -2.27. The zero-order valence-corrected chi connectivity index (χ0v) is 12.8. The lowest BCUT2D eigenvalue weighted by Crippen LogP contribution is -2.50. The van der Waals surface area contributed by atoms with Crippen molar-refractivity contribution in [2.45, 2.75) is 32.4 Å². The number of hydrogen-bond acceptors (Lipinski definition) is 3. The SMILES string of the molecule is CC(NCC(C)(C)NS(C)(=O)=O)c1cccc(F)c1F. The van der Waals surface area contributed by atoms with Crippen molar-refractivity contribution in [2.24, 2.45) is 0 Å². The minimum absolute atomic E-state index is 0.208. The number of rotatable bonds is 6. The van der Waals surface area contributed by atoms with Gasteiger partial charge >= 0.3 is 0 Å². The van der Waals surface area contributed by atoms with E-state index in [1.165, 1.54) is 12.1 Å². The van der Waals surface area contributed by atoms with Crippen LogP contribution in [0.3, 0.4) is 0 Å². The quantitative estimate of drug-likeness (QED) is 0.844. The highest BCUT2D eigenvalue weighted by molar-refractivity contribution is 7.88. The summed E-state index contributed by atoms with van der Waals surface area (Å²) < 4.78 is 51.7. The van der Waals surface area contributed by atoms with Crippen LogP contribution in [-0.4, -0.2) is 26.8 Å². The third-order valence-corrected chi connectivity index (χ3v) is 3.68. The first-order valence-corrected chi connectivity index (χ1v) is 8.07. The smallest absolute Gasteiger partial charge is 0.209 e. The van der Waals surface area contributed by atoms with E-state index in [1.54, 1.807) is 20.8 Å². The van der Waals surface area contributed by atoms with Gasteiger partial charge in [-0.15, -0.1) is 0 Å². The average Bonchev–Trinajstić information content (AvgIpc) is 2.27. The summed E-state index contributed by atoms with van der Waals surface area (Å²) in [7, 11) is -3.33. The molecule has 0 aliphatic carbocycles. The Balaban J connectivity index is 2.72. The van der Waals surface area contributed by atoms with E-state index in [0.717, 1.165) is 12.3 Å². The van der Waals surface area contributed by atoms with Gasteiger partial charge in [0, 0.05) is 23.7 Å². The normalized spacial score (nSPS) is 14.3. The third-order valence-electron chi connectivity index (χ3n) is 2.76. The van der Waals surface area contributed by atoms with E-state index in [2.05, 4.69) is 10.0 Å². The largest absolute Gasteiger partial charge is 0.308 e. The van der Waals surface area contributed by atoms with Gasteiger partial charge in [-0.1, -0.05) is 12.1 Å². The molecule has 7 heteroatoms. The number of halogens is 2. The molecule has 0 radical (unpaired) electrons. The molecule has 0 bridgehead atoms. The van der Waals surface area contributed by atoms with Gasteiger partial charge in [0.2, 0.25) is 10.0 Å². The minimum Gasteiger partial charge on any atom is -0.308 e. The van der Waals surface area contributed by atoms with E-state index in [4.69, 9.17) is 0 Å². The molecule has 0 amide bonds. The van der Waals surface area contributed by atoms with E-state index >= 15 is 0 Å². The maximum Gasteiger partial charge on any atom is 0.209 e. The maximum absolute atomic E-state index is 13.6. The molecule has 1 rings (SSSR count). The lowest BCUT2D eigenvalue weighted by molar-refractivity contribution is 0.391. The van der Waals surface area contributed by atoms with E-state index < -0.39 is 33.2 Å². The molecule has 0 spiro atoms. The van der Waals surface area contributed by atoms with Gasteiger partial charge in [0.15, 0.2) is 11.6 Å². The third kappa shape index (κ3) is 5.15. The van der Waals surface area contributed by atoms with E-state index in [9.17, 15) is 17.2 Å². The molecule has 114 valence electrons.